The Labute approximate surface area is 358 Å². The van der Waals surface area contributed by atoms with Crippen LogP contribution in [-0.2, 0) is 9.59 Å². The molecular formula is C38H48F12N4O10. The number of amides is 2. The second kappa shape index (κ2) is 27.0. The van der Waals surface area contributed by atoms with Crippen molar-refractivity contribution >= 4 is 23.8 Å². The van der Waals surface area contributed by atoms with Crippen molar-refractivity contribution < 1.29 is 101 Å². The molecule has 2 aliphatic heterocycles. The van der Waals surface area contributed by atoms with Gasteiger partial charge in [0.2, 0.25) is 0 Å². The van der Waals surface area contributed by atoms with Gasteiger partial charge >= 0.3 is 24.7 Å². The summed E-state index contributed by atoms with van der Waals surface area (Å²) in [7, 11) is 0. The Hall–Kier alpha value is -5.40. The van der Waals surface area contributed by atoms with E-state index in [0.29, 0.717) is 0 Å². The number of carboxylic acids is 2. The summed E-state index contributed by atoms with van der Waals surface area (Å²) >= 11 is 0. The smallest absolute Gasteiger partial charge is 0.422 e. The first-order chi connectivity index (χ1) is 29.5. The number of hydrogen-bond acceptors (Lipinski definition) is 10. The molecule has 0 aromatic heterocycles. The van der Waals surface area contributed by atoms with Gasteiger partial charge in [0.05, 0.1) is 11.1 Å². The van der Waals surface area contributed by atoms with Crippen molar-refractivity contribution in [2.45, 2.75) is 89.2 Å². The second-order valence-corrected chi connectivity index (χ2v) is 13.7. The van der Waals surface area contributed by atoms with E-state index in [9.17, 15) is 62.3 Å². The van der Waals surface area contributed by atoms with Crippen LogP contribution in [0.5, 0.6) is 23.0 Å². The van der Waals surface area contributed by atoms with Crippen molar-refractivity contribution in [2.24, 2.45) is 0 Å². The largest absolute Gasteiger partial charge is 0.484 e. The number of benzene rings is 2. The highest BCUT2D eigenvalue weighted by atomic mass is 19.4. The number of carbonyl (C=O) groups is 4. The average molecular weight is 949 g/mol. The first kappa shape index (κ1) is 56.6. The van der Waals surface area contributed by atoms with Crippen LogP contribution in [0.3, 0.4) is 0 Å². The third-order valence-corrected chi connectivity index (χ3v) is 7.82. The predicted molar refractivity (Wildman–Crippen MR) is 202 cm³/mol. The normalized spacial score (nSPS) is 16.4. The summed E-state index contributed by atoms with van der Waals surface area (Å²) in [5.41, 5.74) is -0.667. The molecule has 2 aromatic rings. The molecule has 0 bridgehead atoms. The zero-order valence-corrected chi connectivity index (χ0v) is 34.2. The van der Waals surface area contributed by atoms with E-state index >= 15 is 0 Å². The van der Waals surface area contributed by atoms with E-state index in [1.807, 2.05) is 0 Å². The van der Waals surface area contributed by atoms with E-state index in [4.69, 9.17) is 19.8 Å². The Bertz CT molecular complexity index is 1610. The van der Waals surface area contributed by atoms with Crippen LogP contribution in [0.2, 0.25) is 0 Å². The van der Waals surface area contributed by atoms with Gasteiger partial charge in [-0.05, 0) is 75.2 Å². The molecule has 2 aromatic carbocycles. The lowest BCUT2D eigenvalue weighted by molar-refractivity contribution is -0.154. The first-order valence-corrected chi connectivity index (χ1v) is 19.0. The van der Waals surface area contributed by atoms with E-state index in [1.54, 1.807) is 0 Å². The van der Waals surface area contributed by atoms with Gasteiger partial charge in [-0.3, -0.25) is 19.2 Å². The van der Waals surface area contributed by atoms with Crippen LogP contribution in [0.4, 0.5) is 52.7 Å². The Morgan fingerprint density at radius 2 is 0.844 bits per heavy atom. The molecule has 0 spiro atoms. The zero-order valence-electron chi connectivity index (χ0n) is 34.2. The van der Waals surface area contributed by atoms with Gasteiger partial charge < -0.3 is 50.4 Å². The Balaban J connectivity index is 0.000000548. The van der Waals surface area contributed by atoms with Gasteiger partial charge in [0.15, 0.2) is 26.4 Å². The Morgan fingerprint density at radius 1 is 0.547 bits per heavy atom. The topological polar surface area (TPSA) is 194 Å². The summed E-state index contributed by atoms with van der Waals surface area (Å²) in [4.78, 5) is 42.8. The number of carbonyl (C=O) groups excluding carboxylic acids is 2. The fraction of sp³-hybridized carbons (Fsp3) is 0.579. The maximum Gasteiger partial charge on any atom is 0.422 e. The van der Waals surface area contributed by atoms with Crippen LogP contribution in [0.25, 0.3) is 0 Å². The SMILES string of the molecule is CC(=O)O.CC(=O)O.O=C(NCC1CCCCN1)c1cc(OCC(F)(F)F)ccc1OCC(F)(F)F.O=C(NCC1CCCCN1)c1cc(OCC(F)(F)F)ccc1OCC(F)(F)F. The van der Waals surface area contributed by atoms with Crippen molar-refractivity contribution in [3.05, 3.63) is 47.5 Å². The monoisotopic (exact) mass is 948 g/mol. The van der Waals surface area contributed by atoms with Crippen molar-refractivity contribution in [3.8, 4) is 23.0 Å². The van der Waals surface area contributed by atoms with Crippen molar-refractivity contribution in [2.75, 3.05) is 52.6 Å². The van der Waals surface area contributed by atoms with E-state index in [-0.39, 0.29) is 47.8 Å². The molecule has 0 radical (unpaired) electrons. The minimum atomic E-state index is -4.63. The lowest BCUT2D eigenvalue weighted by Gasteiger charge is -2.24. The molecule has 64 heavy (non-hydrogen) atoms. The fourth-order valence-electron chi connectivity index (χ4n) is 5.27. The number of nitrogens with one attached hydrogen (secondary N) is 4. The number of ether oxygens (including phenoxy) is 4. The first-order valence-electron chi connectivity index (χ1n) is 19.0. The summed E-state index contributed by atoms with van der Waals surface area (Å²) < 4.78 is 167. The molecule has 14 nitrogen and oxygen atoms in total. The van der Waals surface area contributed by atoms with Gasteiger partial charge in [-0.1, -0.05) is 12.8 Å². The standard InChI is InChI=1S/2C17H20F6N2O3.2C2H4O2/c2*18-16(19,20)9-27-12-4-5-14(28-10-17(21,22)23)13(7-12)15(26)25-8-11-3-1-2-6-24-11;2*1-2(3)4/h2*4-5,7,11,24H,1-3,6,8-10H2,(H,25,26);2*1H3,(H,3,4). The van der Waals surface area contributed by atoms with Gasteiger partial charge in [-0.15, -0.1) is 0 Å². The van der Waals surface area contributed by atoms with Gasteiger partial charge in [0.25, 0.3) is 23.8 Å². The third-order valence-electron chi connectivity index (χ3n) is 7.82. The number of aliphatic carboxylic acids is 2. The van der Waals surface area contributed by atoms with E-state index in [1.165, 1.54) is 0 Å². The molecule has 26 heteroatoms. The van der Waals surface area contributed by atoms with Crippen molar-refractivity contribution in [1.82, 2.24) is 21.3 Å². The Kier molecular flexibility index (Phi) is 23.9. The van der Waals surface area contributed by atoms with E-state index in [2.05, 4.69) is 40.2 Å². The molecule has 364 valence electrons. The maximum absolute atomic E-state index is 12.4. The number of hydrogen-bond donors (Lipinski definition) is 6. The molecule has 2 atom stereocenters. The lowest BCUT2D eigenvalue weighted by atomic mass is 10.0. The average Bonchev–Trinajstić information content (AvgIpc) is 3.18. The molecule has 2 unspecified atom stereocenters. The Morgan fingerprint density at radius 3 is 1.11 bits per heavy atom. The maximum atomic E-state index is 12.4. The third kappa shape index (κ3) is 28.3. The summed E-state index contributed by atoms with van der Waals surface area (Å²) in [5.74, 6) is -4.60. The highest BCUT2D eigenvalue weighted by molar-refractivity contribution is 5.98. The second-order valence-electron chi connectivity index (χ2n) is 13.7. The van der Waals surface area contributed by atoms with E-state index < -0.39 is 86.4 Å². The van der Waals surface area contributed by atoms with Gasteiger partial charge in [0, 0.05) is 39.0 Å². The molecule has 2 aliphatic rings. The number of alkyl halides is 12. The van der Waals surface area contributed by atoms with Gasteiger partial charge in [-0.25, -0.2) is 0 Å². The molecule has 0 saturated carbocycles. The molecule has 2 fully saturated rings. The number of rotatable bonds is 14. The quantitative estimate of drug-likeness (QED) is 0.106. The van der Waals surface area contributed by atoms with E-state index in [0.717, 1.165) is 102 Å². The summed E-state index contributed by atoms with van der Waals surface area (Å²) in [5, 5.41) is 26.3. The molecule has 2 heterocycles. The summed E-state index contributed by atoms with van der Waals surface area (Å²) in [6, 6.07) is 5.87. The van der Waals surface area contributed by atoms with Crippen LogP contribution < -0.4 is 40.2 Å². The molecule has 0 aliphatic carbocycles. The molecule has 6 N–H and O–H groups in total. The van der Waals surface area contributed by atoms with Crippen LogP contribution in [0.15, 0.2) is 36.4 Å². The van der Waals surface area contributed by atoms with Crippen LogP contribution >= 0.6 is 0 Å². The minimum Gasteiger partial charge on any atom is -0.484 e. The summed E-state index contributed by atoms with van der Waals surface area (Å²) in [6.45, 7) is -2.26. The van der Waals surface area contributed by atoms with Crippen molar-refractivity contribution in [3.63, 3.8) is 0 Å². The van der Waals surface area contributed by atoms with Crippen LogP contribution in [0, 0.1) is 0 Å². The van der Waals surface area contributed by atoms with Gasteiger partial charge in [-0.2, -0.15) is 52.7 Å². The molecule has 4 rings (SSSR count). The lowest BCUT2D eigenvalue weighted by Crippen LogP contribution is -2.43. The highest BCUT2D eigenvalue weighted by Gasteiger charge is 2.32. The minimum absolute atomic E-state index is 0.0157. The number of piperidine rings is 2. The van der Waals surface area contributed by atoms with Crippen molar-refractivity contribution in [1.29, 1.82) is 0 Å². The molecule has 2 saturated heterocycles. The number of halogens is 12. The summed E-state index contributed by atoms with van der Waals surface area (Å²) in [6.07, 6.45) is -12.8. The van der Waals surface area contributed by atoms with Crippen LogP contribution in [0.1, 0.15) is 73.1 Å². The van der Waals surface area contributed by atoms with Gasteiger partial charge in [0.1, 0.15) is 23.0 Å². The number of carboxylic acid groups (broad SMARTS) is 2. The fourth-order valence-corrected chi connectivity index (χ4v) is 5.27. The molecule has 2 amide bonds. The predicted octanol–water partition coefficient (Wildman–Crippen LogP) is 7.06. The van der Waals surface area contributed by atoms with Crippen LogP contribution in [-0.4, -0.2) is 123 Å². The highest BCUT2D eigenvalue weighted by Crippen LogP contribution is 2.30. The zero-order chi connectivity index (χ0) is 48.7. The molecular weight excluding hydrogens is 900 g/mol.